The van der Waals surface area contributed by atoms with Crippen molar-refractivity contribution in [2.45, 2.75) is 25.7 Å². The summed E-state index contributed by atoms with van der Waals surface area (Å²) >= 11 is 3.29. The molecule has 4 rings (SSSR count). The molecule has 0 saturated carbocycles. The highest BCUT2D eigenvalue weighted by molar-refractivity contribution is 9.10. The van der Waals surface area contributed by atoms with Crippen molar-refractivity contribution in [1.29, 1.82) is 0 Å². The molecule has 0 aliphatic carbocycles. The van der Waals surface area contributed by atoms with E-state index in [2.05, 4.69) is 35.9 Å². The predicted molar refractivity (Wildman–Crippen MR) is 123 cm³/mol. The van der Waals surface area contributed by atoms with Crippen LogP contribution >= 0.6 is 15.9 Å². The van der Waals surface area contributed by atoms with Crippen LogP contribution in [0.2, 0.25) is 0 Å². The Hall–Kier alpha value is -3.67. The van der Waals surface area contributed by atoms with Gasteiger partial charge in [-0.15, -0.1) is 0 Å². The summed E-state index contributed by atoms with van der Waals surface area (Å²) in [4.78, 5) is 31.0. The minimum atomic E-state index is -4.54. The van der Waals surface area contributed by atoms with Crippen LogP contribution in [0.25, 0.3) is 11.0 Å². The van der Waals surface area contributed by atoms with Gasteiger partial charge in [0, 0.05) is 17.8 Å². The van der Waals surface area contributed by atoms with Crippen molar-refractivity contribution >= 4 is 38.7 Å². The first kappa shape index (κ1) is 24.5. The summed E-state index contributed by atoms with van der Waals surface area (Å²) in [6.07, 6.45) is -2.51. The van der Waals surface area contributed by atoms with Crippen molar-refractivity contribution < 1.29 is 22.4 Å². The number of anilines is 1. The van der Waals surface area contributed by atoms with Gasteiger partial charge in [0.2, 0.25) is 5.95 Å². The molecule has 0 aliphatic heterocycles. The van der Waals surface area contributed by atoms with E-state index in [9.17, 15) is 22.4 Å². The van der Waals surface area contributed by atoms with Crippen molar-refractivity contribution in [2.24, 2.45) is 0 Å². The van der Waals surface area contributed by atoms with Gasteiger partial charge in [0.15, 0.2) is 5.65 Å². The number of fused-ring (bicyclic) bond motifs is 1. The maximum Gasteiger partial charge on any atom is 0.417 e. The number of halogens is 5. The van der Waals surface area contributed by atoms with Crippen LogP contribution in [0.4, 0.5) is 23.4 Å². The highest BCUT2D eigenvalue weighted by atomic mass is 79.9. The number of nitrogens with two attached hydrogens (primary N) is 1. The van der Waals surface area contributed by atoms with E-state index in [1.807, 2.05) is 0 Å². The van der Waals surface area contributed by atoms with Crippen LogP contribution < -0.4 is 5.73 Å². The first-order chi connectivity index (χ1) is 16.5. The molecule has 0 spiro atoms. The number of alkyl halides is 3. The van der Waals surface area contributed by atoms with E-state index in [1.165, 1.54) is 29.3 Å². The number of rotatable bonds is 5. The van der Waals surface area contributed by atoms with E-state index < -0.39 is 29.6 Å². The fraction of sp³-hybridized carbons (Fsp3) is 0.174. The van der Waals surface area contributed by atoms with Gasteiger partial charge in [0.05, 0.1) is 39.6 Å². The molecule has 7 nitrogen and oxygen atoms in total. The molecule has 1 unspecified atom stereocenters. The maximum absolute atomic E-state index is 13.8. The van der Waals surface area contributed by atoms with Crippen molar-refractivity contribution in [2.75, 3.05) is 5.73 Å². The van der Waals surface area contributed by atoms with Gasteiger partial charge in [-0.05, 0) is 59.3 Å². The largest absolute Gasteiger partial charge is 0.417 e. The van der Waals surface area contributed by atoms with E-state index in [0.29, 0.717) is 21.7 Å². The lowest BCUT2D eigenvalue weighted by Gasteiger charge is -2.29. The summed E-state index contributed by atoms with van der Waals surface area (Å²) in [7, 11) is 0. The van der Waals surface area contributed by atoms with Crippen molar-refractivity contribution in [1.82, 2.24) is 24.8 Å². The van der Waals surface area contributed by atoms with Crippen LogP contribution in [-0.2, 0) is 12.7 Å². The van der Waals surface area contributed by atoms with Crippen LogP contribution in [0, 0.1) is 5.95 Å². The lowest BCUT2D eigenvalue weighted by Crippen LogP contribution is -2.34. The molecular formula is C23H17BrF4N6O. The molecule has 1 amide bonds. The molecule has 2 N–H and O–H groups in total. The molecule has 0 radical (unpaired) electrons. The minimum absolute atomic E-state index is 0.155. The number of nitrogen functional groups attached to an aromatic ring is 1. The average Bonchev–Trinajstić information content (AvgIpc) is 2.82. The second-order valence-electron chi connectivity index (χ2n) is 7.66. The van der Waals surface area contributed by atoms with Crippen LogP contribution in [0.1, 0.15) is 40.3 Å². The lowest BCUT2D eigenvalue weighted by molar-refractivity contribution is -0.137. The van der Waals surface area contributed by atoms with Gasteiger partial charge in [-0.2, -0.15) is 17.6 Å². The normalized spacial score (nSPS) is 12.5. The van der Waals surface area contributed by atoms with Crippen molar-refractivity contribution in [3.63, 3.8) is 0 Å². The fourth-order valence-corrected chi connectivity index (χ4v) is 3.73. The molecule has 1 atom stereocenters. The Bertz CT molecular complexity index is 1400. The van der Waals surface area contributed by atoms with E-state index in [0.717, 1.165) is 6.07 Å². The van der Waals surface area contributed by atoms with Gasteiger partial charge < -0.3 is 10.6 Å². The van der Waals surface area contributed by atoms with Crippen LogP contribution in [0.15, 0.2) is 59.3 Å². The number of aromatic nitrogens is 4. The Morgan fingerprint density at radius 2 is 1.89 bits per heavy atom. The zero-order chi connectivity index (χ0) is 25.3. The predicted octanol–water partition coefficient (Wildman–Crippen LogP) is 5.33. The Morgan fingerprint density at radius 3 is 2.54 bits per heavy atom. The molecule has 0 saturated heterocycles. The van der Waals surface area contributed by atoms with Crippen LogP contribution in [0.5, 0.6) is 0 Å². The van der Waals surface area contributed by atoms with Gasteiger partial charge in [-0.3, -0.25) is 9.78 Å². The van der Waals surface area contributed by atoms with Crippen molar-refractivity contribution in [3.8, 4) is 0 Å². The quantitative estimate of drug-likeness (QED) is 0.267. The third-order valence-electron chi connectivity index (χ3n) is 5.27. The highest BCUT2D eigenvalue weighted by Gasteiger charge is 2.31. The third-order valence-corrected chi connectivity index (χ3v) is 5.91. The van der Waals surface area contributed by atoms with E-state index in [-0.39, 0.29) is 29.3 Å². The smallest absolute Gasteiger partial charge is 0.383 e. The summed E-state index contributed by atoms with van der Waals surface area (Å²) in [5, 5.41) is 0.543. The number of carbonyl (C=O) groups is 1. The molecule has 4 aromatic heterocycles. The van der Waals surface area contributed by atoms with E-state index >= 15 is 0 Å². The van der Waals surface area contributed by atoms with Gasteiger partial charge in [-0.1, -0.05) is 6.07 Å². The topological polar surface area (TPSA) is 97.9 Å². The number of hydrogen-bond acceptors (Lipinski definition) is 6. The monoisotopic (exact) mass is 548 g/mol. The molecule has 0 fully saturated rings. The standard InChI is InChI=1S/C23H17BrF4N6O/c1-12(18-3-2-4-19(25)32-18)34(11-16-6-5-15(10-30-16)23(26,27)28)22(35)14-7-13-8-17(24)20(29)33-21(13)31-9-14/h2-10,12H,11H2,1H3,(H2,29,31,33). The summed E-state index contributed by atoms with van der Waals surface area (Å²) in [5.74, 6) is -0.993. The molecular weight excluding hydrogens is 532 g/mol. The number of carbonyl (C=O) groups excluding carboxylic acids is 1. The zero-order valence-corrected chi connectivity index (χ0v) is 19.7. The second-order valence-corrected chi connectivity index (χ2v) is 8.51. The summed E-state index contributed by atoms with van der Waals surface area (Å²) in [5.41, 5.74) is 5.86. The number of amides is 1. The molecule has 0 bridgehead atoms. The summed E-state index contributed by atoms with van der Waals surface area (Å²) in [6.45, 7) is 1.48. The Morgan fingerprint density at radius 1 is 1.11 bits per heavy atom. The molecule has 4 heterocycles. The van der Waals surface area contributed by atoms with Gasteiger partial charge >= 0.3 is 6.18 Å². The average molecular weight is 549 g/mol. The Kier molecular flexibility index (Phi) is 6.66. The first-order valence-corrected chi connectivity index (χ1v) is 11.0. The van der Waals surface area contributed by atoms with Gasteiger partial charge in [0.25, 0.3) is 5.91 Å². The molecule has 4 aromatic rings. The number of nitrogens with zero attached hydrogens (tertiary/aromatic N) is 5. The fourth-order valence-electron chi connectivity index (χ4n) is 3.40. The first-order valence-electron chi connectivity index (χ1n) is 10.2. The van der Waals surface area contributed by atoms with Crippen molar-refractivity contribution in [3.05, 3.63) is 87.8 Å². The van der Waals surface area contributed by atoms with Gasteiger partial charge in [0.1, 0.15) is 5.82 Å². The second kappa shape index (κ2) is 9.53. The Labute approximate surface area is 205 Å². The molecule has 0 aromatic carbocycles. The minimum Gasteiger partial charge on any atom is -0.383 e. The zero-order valence-electron chi connectivity index (χ0n) is 18.1. The molecule has 180 valence electrons. The lowest BCUT2D eigenvalue weighted by atomic mass is 10.1. The third kappa shape index (κ3) is 5.37. The van der Waals surface area contributed by atoms with E-state index in [4.69, 9.17) is 5.73 Å². The highest BCUT2D eigenvalue weighted by Crippen LogP contribution is 2.30. The molecule has 12 heteroatoms. The summed E-state index contributed by atoms with van der Waals surface area (Å²) in [6, 6.07) is 8.76. The Balaban J connectivity index is 1.72. The van der Waals surface area contributed by atoms with Crippen LogP contribution in [-0.4, -0.2) is 30.7 Å². The molecule has 35 heavy (non-hydrogen) atoms. The number of pyridine rings is 4. The number of hydrogen-bond donors (Lipinski definition) is 1. The molecule has 0 aliphatic rings. The van der Waals surface area contributed by atoms with E-state index in [1.54, 1.807) is 25.1 Å². The SMILES string of the molecule is CC(c1cccc(F)n1)N(Cc1ccc(C(F)(F)F)cn1)C(=O)c1cnc2nc(N)c(Br)cc2c1. The summed E-state index contributed by atoms with van der Waals surface area (Å²) < 4.78 is 53.1. The van der Waals surface area contributed by atoms with Gasteiger partial charge in [-0.25, -0.2) is 15.0 Å². The maximum atomic E-state index is 13.8. The van der Waals surface area contributed by atoms with Crippen LogP contribution in [0.3, 0.4) is 0 Å².